The van der Waals surface area contributed by atoms with Gasteiger partial charge in [-0.25, -0.2) is 89.0 Å². The molecule has 0 saturated heterocycles. The minimum absolute atomic E-state index is 0. The summed E-state index contributed by atoms with van der Waals surface area (Å²) in [5.41, 5.74) is -11.6. The molecule has 2 aliphatic heterocycles. The summed E-state index contributed by atoms with van der Waals surface area (Å²) in [6.07, 6.45) is 3.82. The maximum atomic E-state index is 15.6. The van der Waals surface area contributed by atoms with Gasteiger partial charge in [0.15, 0.2) is 69.8 Å². The van der Waals surface area contributed by atoms with Gasteiger partial charge in [-0.3, -0.25) is 8.78 Å². The van der Waals surface area contributed by atoms with E-state index in [9.17, 15) is 61.5 Å². The van der Waals surface area contributed by atoms with Gasteiger partial charge in [-0.2, -0.15) is 0 Å². The Morgan fingerprint density at radius 2 is 0.594 bits per heavy atom. The van der Waals surface area contributed by atoms with Crippen molar-refractivity contribution in [2.24, 2.45) is 0 Å². The number of rotatable bonds is 3. The standard InChI is InChI=1S/C38H11F15N4.C6F5.Pd/c39-24-21(25(40)31(46)36(51)30(24)45)18-12-3-1-10(54-12)9-11-2-4-13(55-11)19(22-26(41)32(47)37(52)33(48)27(22)42)15-6-8-17(57-15)20(16-7-5-14(18)56-16)23-28(43)34(49)38(53)35(50)29(23)44;7-2-1-3(8)5(10)6(11)4(2)9;/h1-9,54,57H;;/q;-1;. The van der Waals surface area contributed by atoms with Crippen LogP contribution in [0, 0.1) is 122 Å². The first-order valence-corrected chi connectivity index (χ1v) is 18.1. The van der Waals surface area contributed by atoms with Gasteiger partial charge in [0.25, 0.3) is 0 Å². The van der Waals surface area contributed by atoms with Crippen LogP contribution in [-0.2, 0) is 20.4 Å². The van der Waals surface area contributed by atoms with E-state index in [1.54, 1.807) is 0 Å². The van der Waals surface area contributed by atoms with Crippen LogP contribution in [0.4, 0.5) is 87.8 Å². The third-order valence-electron chi connectivity index (χ3n) is 9.95. The molecule has 2 aliphatic rings. The van der Waals surface area contributed by atoms with E-state index in [2.05, 4.69) is 19.9 Å². The zero-order valence-corrected chi connectivity index (χ0v) is 34.0. The van der Waals surface area contributed by atoms with Crippen LogP contribution in [0.2, 0.25) is 0 Å². The van der Waals surface area contributed by atoms with Crippen LogP contribution < -0.4 is 0 Å². The van der Waals surface area contributed by atoms with Gasteiger partial charge in [-0.05, 0) is 54.6 Å². The fourth-order valence-electron chi connectivity index (χ4n) is 6.90. The number of hydrogen-bond donors (Lipinski definition) is 2. The molecule has 0 amide bonds. The van der Waals surface area contributed by atoms with E-state index in [1.807, 2.05) is 0 Å². The maximum Gasteiger partial charge on any atom is 0.200 e. The Hall–Kier alpha value is -7.26. The molecule has 69 heavy (non-hydrogen) atoms. The molecule has 0 spiro atoms. The summed E-state index contributed by atoms with van der Waals surface area (Å²) in [4.78, 5) is 13.3. The molecule has 2 N–H and O–H groups in total. The minimum Gasteiger partial charge on any atom is -0.355 e. The fraction of sp³-hybridized carbons (Fsp3) is 0. The monoisotopic (exact) mass is 1080 g/mol. The summed E-state index contributed by atoms with van der Waals surface area (Å²) in [5, 5.41) is 0. The molecule has 0 fully saturated rings. The molecule has 4 aromatic carbocycles. The first-order chi connectivity index (χ1) is 32.0. The normalized spacial score (nSPS) is 11.8. The summed E-state index contributed by atoms with van der Waals surface area (Å²) in [6, 6.07) is 6.14. The van der Waals surface area contributed by atoms with E-state index in [4.69, 9.17) is 0 Å². The van der Waals surface area contributed by atoms with Crippen molar-refractivity contribution in [3.05, 3.63) is 176 Å². The quantitative estimate of drug-likeness (QED) is 0.0609. The Labute approximate surface area is 382 Å². The molecule has 4 nitrogen and oxygen atoms in total. The van der Waals surface area contributed by atoms with Crippen LogP contribution >= 0.6 is 0 Å². The smallest absolute Gasteiger partial charge is 0.200 e. The van der Waals surface area contributed by atoms with Crippen molar-refractivity contribution in [2.75, 3.05) is 0 Å². The van der Waals surface area contributed by atoms with Crippen molar-refractivity contribution < 1.29 is 108 Å². The van der Waals surface area contributed by atoms with Crippen LogP contribution in [0.5, 0.6) is 0 Å². The van der Waals surface area contributed by atoms with E-state index >= 15 is 26.3 Å². The first kappa shape index (κ1) is 49.6. The molecule has 7 aromatic rings. The Balaban J connectivity index is 0.000000518. The van der Waals surface area contributed by atoms with Crippen molar-refractivity contribution in [1.29, 1.82) is 0 Å². The number of aromatic amines is 2. The fourth-order valence-corrected chi connectivity index (χ4v) is 6.90. The predicted molar refractivity (Wildman–Crippen MR) is 200 cm³/mol. The van der Waals surface area contributed by atoms with Gasteiger partial charge < -0.3 is 9.97 Å². The second-order valence-electron chi connectivity index (χ2n) is 13.9. The van der Waals surface area contributed by atoms with Crippen LogP contribution in [0.25, 0.3) is 79.8 Å². The van der Waals surface area contributed by atoms with Gasteiger partial charge in [0, 0.05) is 59.2 Å². The van der Waals surface area contributed by atoms with E-state index in [-0.39, 0.29) is 31.6 Å². The van der Waals surface area contributed by atoms with Crippen molar-refractivity contribution in [2.45, 2.75) is 0 Å². The van der Waals surface area contributed by atoms with Gasteiger partial charge in [-0.1, -0.05) is 0 Å². The molecule has 9 rings (SSSR count). The Kier molecular flexibility index (Phi) is 13.2. The second kappa shape index (κ2) is 18.3. The summed E-state index contributed by atoms with van der Waals surface area (Å²) >= 11 is 0. The molecule has 0 unspecified atom stereocenters. The molecule has 358 valence electrons. The van der Waals surface area contributed by atoms with Gasteiger partial charge >= 0.3 is 0 Å². The third kappa shape index (κ3) is 8.11. The minimum atomic E-state index is -2.60. The zero-order valence-electron chi connectivity index (χ0n) is 32.5. The molecule has 0 atom stereocenters. The molecule has 0 saturated carbocycles. The number of H-pyrrole nitrogens is 2. The van der Waals surface area contributed by atoms with Crippen LogP contribution in [-0.4, -0.2) is 19.9 Å². The van der Waals surface area contributed by atoms with Crippen LogP contribution in [0.1, 0.15) is 22.8 Å². The van der Waals surface area contributed by atoms with Crippen molar-refractivity contribution >= 4 is 46.4 Å². The second-order valence-corrected chi connectivity index (χ2v) is 13.9. The molecule has 0 radical (unpaired) electrons. The third-order valence-corrected chi connectivity index (χ3v) is 9.95. The van der Waals surface area contributed by atoms with E-state index in [0.717, 1.165) is 48.6 Å². The van der Waals surface area contributed by atoms with E-state index < -0.39 is 183 Å². The Bertz CT molecular complexity index is 3420. The number of nitrogens with zero attached hydrogens (tertiary/aromatic N) is 2. The topological polar surface area (TPSA) is 57.4 Å². The molecule has 5 heterocycles. The SMILES string of the molecule is Fc1[c-]c(F)c(F)c(F)c1F.Fc1c(F)c(F)c(-c2c3nc(c(-c4c(F)c(F)c(F)c(F)c4F)c4ccc([nH]4)c(-c4c(F)c(F)c(F)c(F)c4F)c4nc(cc5ccc2[nH]5)C=C4)C=C3)c(F)c1F.[Pd]. The number of aromatic nitrogens is 4. The molecule has 3 aromatic heterocycles. The van der Waals surface area contributed by atoms with Crippen LogP contribution in [0.3, 0.4) is 0 Å². The van der Waals surface area contributed by atoms with Gasteiger partial charge in [0.2, 0.25) is 17.5 Å². The summed E-state index contributed by atoms with van der Waals surface area (Å²) in [7, 11) is 0. The number of nitrogens with one attached hydrogen (secondary N) is 2. The number of hydrogen-bond acceptors (Lipinski definition) is 2. The molecular weight excluding hydrogens is 1070 g/mol. The van der Waals surface area contributed by atoms with Crippen molar-refractivity contribution in [1.82, 2.24) is 19.9 Å². The maximum absolute atomic E-state index is 15.6. The van der Waals surface area contributed by atoms with Gasteiger partial charge in [-0.15, -0.1) is 6.07 Å². The van der Waals surface area contributed by atoms with Crippen molar-refractivity contribution in [3.8, 4) is 33.4 Å². The number of benzene rings is 4. The van der Waals surface area contributed by atoms with Gasteiger partial charge in [0.05, 0.1) is 68.6 Å². The Morgan fingerprint density at radius 1 is 0.304 bits per heavy atom. The molecule has 0 aliphatic carbocycles. The summed E-state index contributed by atoms with van der Waals surface area (Å²) < 4.78 is 283. The average Bonchev–Trinajstić information content (AvgIpc) is 4.17. The molecule has 8 bridgehead atoms. The first-order valence-electron chi connectivity index (χ1n) is 18.1. The van der Waals surface area contributed by atoms with Gasteiger partial charge in [0.1, 0.15) is 0 Å². The summed E-state index contributed by atoms with van der Waals surface area (Å²) in [5.74, 6) is -46.5. The zero-order chi connectivity index (χ0) is 49.5. The molecule has 25 heteroatoms. The number of halogens is 20. The van der Waals surface area contributed by atoms with E-state index in [1.165, 1.54) is 12.1 Å². The molecular formula is C44H11F20N4Pd-. The predicted octanol–water partition coefficient (Wildman–Crippen LogP) is 13.9. The summed E-state index contributed by atoms with van der Waals surface area (Å²) in [6.45, 7) is 0. The van der Waals surface area contributed by atoms with E-state index in [0.29, 0.717) is 0 Å². The van der Waals surface area contributed by atoms with Crippen LogP contribution in [0.15, 0.2) is 30.3 Å². The van der Waals surface area contributed by atoms with Crippen molar-refractivity contribution in [3.63, 3.8) is 0 Å². The number of fused-ring (bicyclic) bond motifs is 8. The Morgan fingerprint density at radius 3 is 0.971 bits per heavy atom. The largest absolute Gasteiger partial charge is 0.355 e. The average molecular weight is 1080 g/mol.